The number of ether oxygens (including phenoxy) is 2. The normalized spacial score (nSPS) is 21.1. The molecular formula is C23H30N4O5. The van der Waals surface area contributed by atoms with Gasteiger partial charge in [-0.15, -0.1) is 5.10 Å². The Bertz CT molecular complexity index is 985. The second-order valence-corrected chi connectivity index (χ2v) is 8.89. The minimum atomic E-state index is -0.753. The molecule has 0 saturated heterocycles. The van der Waals surface area contributed by atoms with E-state index in [0.29, 0.717) is 53.9 Å². The summed E-state index contributed by atoms with van der Waals surface area (Å²) >= 11 is 0. The molecule has 2 fully saturated rings. The number of nitrogens with zero attached hydrogens (tertiary/aromatic N) is 4. The Hall–Kier alpha value is -2.97. The van der Waals surface area contributed by atoms with E-state index in [4.69, 9.17) is 9.47 Å². The second kappa shape index (κ2) is 9.67. The van der Waals surface area contributed by atoms with Crippen LogP contribution in [0.5, 0.6) is 5.75 Å². The molecular weight excluding hydrogens is 412 g/mol. The molecule has 2 aliphatic rings. The quantitative estimate of drug-likeness (QED) is 0.490. The maximum atomic E-state index is 12.3. The smallest absolute Gasteiger partial charge is 0.311 e. The first kappa shape index (κ1) is 22.2. The SMILES string of the molecule is Cc1nc(-c2nnn(C)c2CC(=O)OCC2CC2)ccc1OC1CCCCC(C(=O)O)C1. The molecule has 4 rings (SSSR count). The van der Waals surface area contributed by atoms with E-state index in [0.717, 1.165) is 32.1 Å². The first-order valence-corrected chi connectivity index (χ1v) is 11.3. The van der Waals surface area contributed by atoms with Crippen LogP contribution in [0.3, 0.4) is 0 Å². The van der Waals surface area contributed by atoms with Gasteiger partial charge in [-0.2, -0.15) is 0 Å². The molecule has 2 aromatic rings. The summed E-state index contributed by atoms with van der Waals surface area (Å²) in [6.07, 6.45) is 6.11. The van der Waals surface area contributed by atoms with E-state index in [1.54, 1.807) is 17.8 Å². The predicted molar refractivity (Wildman–Crippen MR) is 115 cm³/mol. The van der Waals surface area contributed by atoms with Gasteiger partial charge < -0.3 is 14.6 Å². The highest BCUT2D eigenvalue weighted by Gasteiger charge is 2.27. The molecule has 2 aromatic heterocycles. The number of carbonyl (C=O) groups is 2. The third-order valence-electron chi connectivity index (χ3n) is 6.23. The van der Waals surface area contributed by atoms with Crippen LogP contribution in [0.15, 0.2) is 12.1 Å². The lowest BCUT2D eigenvalue weighted by molar-refractivity contribution is -0.144. The third kappa shape index (κ3) is 5.44. The van der Waals surface area contributed by atoms with E-state index in [2.05, 4.69) is 15.3 Å². The monoisotopic (exact) mass is 442 g/mol. The Balaban J connectivity index is 1.46. The zero-order valence-corrected chi connectivity index (χ0v) is 18.6. The fourth-order valence-electron chi connectivity index (χ4n) is 4.09. The molecule has 0 bridgehead atoms. The van der Waals surface area contributed by atoms with Crippen molar-refractivity contribution in [1.82, 2.24) is 20.0 Å². The van der Waals surface area contributed by atoms with Gasteiger partial charge in [0.15, 0.2) is 0 Å². The molecule has 172 valence electrons. The number of aryl methyl sites for hydroxylation is 2. The van der Waals surface area contributed by atoms with Gasteiger partial charge in [-0.05, 0) is 63.5 Å². The van der Waals surface area contributed by atoms with Crippen LogP contribution in [0.2, 0.25) is 0 Å². The maximum Gasteiger partial charge on any atom is 0.311 e. The van der Waals surface area contributed by atoms with E-state index in [-0.39, 0.29) is 24.4 Å². The lowest BCUT2D eigenvalue weighted by Gasteiger charge is -2.20. The Morgan fingerprint density at radius 1 is 1.19 bits per heavy atom. The number of pyridine rings is 1. The summed E-state index contributed by atoms with van der Waals surface area (Å²) in [7, 11) is 1.75. The van der Waals surface area contributed by atoms with Gasteiger partial charge in [-0.25, -0.2) is 4.98 Å². The summed E-state index contributed by atoms with van der Waals surface area (Å²) in [4.78, 5) is 28.3. The molecule has 2 atom stereocenters. The van der Waals surface area contributed by atoms with Crippen molar-refractivity contribution in [3.05, 3.63) is 23.5 Å². The summed E-state index contributed by atoms with van der Waals surface area (Å²) in [5.41, 5.74) is 2.49. The molecule has 0 radical (unpaired) electrons. The Morgan fingerprint density at radius 3 is 2.69 bits per heavy atom. The summed E-state index contributed by atoms with van der Waals surface area (Å²) in [6.45, 7) is 2.33. The van der Waals surface area contributed by atoms with Crippen molar-refractivity contribution in [2.45, 2.75) is 64.4 Å². The van der Waals surface area contributed by atoms with E-state index in [1.165, 1.54) is 0 Å². The van der Waals surface area contributed by atoms with Gasteiger partial charge in [0.2, 0.25) is 0 Å². The largest absolute Gasteiger partial charge is 0.489 e. The van der Waals surface area contributed by atoms with Crippen LogP contribution in [-0.4, -0.2) is 49.7 Å². The standard InChI is InChI=1S/C23H30N4O5/c1-14-20(32-17-6-4-3-5-16(11-17)23(29)30)10-9-18(24-14)22-19(27(2)26-25-22)12-21(28)31-13-15-7-8-15/h9-10,15-17H,3-8,11-13H2,1-2H3,(H,29,30). The fourth-order valence-corrected chi connectivity index (χ4v) is 4.09. The van der Waals surface area contributed by atoms with E-state index < -0.39 is 5.97 Å². The first-order chi connectivity index (χ1) is 15.4. The molecule has 0 spiro atoms. The fraction of sp³-hybridized carbons (Fsp3) is 0.609. The molecule has 0 aliphatic heterocycles. The number of hydrogen-bond acceptors (Lipinski definition) is 7. The minimum Gasteiger partial charge on any atom is -0.489 e. The molecule has 0 amide bonds. The number of aliphatic carboxylic acids is 1. The van der Waals surface area contributed by atoms with Crippen LogP contribution in [-0.2, 0) is 27.8 Å². The topological polar surface area (TPSA) is 116 Å². The van der Waals surface area contributed by atoms with Crippen LogP contribution < -0.4 is 4.74 Å². The number of rotatable bonds is 8. The molecule has 1 N–H and O–H groups in total. The highest BCUT2D eigenvalue weighted by Crippen LogP contribution is 2.31. The van der Waals surface area contributed by atoms with Gasteiger partial charge in [-0.1, -0.05) is 11.6 Å². The average molecular weight is 443 g/mol. The Labute approximate surface area is 187 Å². The molecule has 0 aromatic carbocycles. The van der Waals surface area contributed by atoms with Crippen molar-refractivity contribution in [1.29, 1.82) is 0 Å². The summed E-state index contributed by atoms with van der Waals surface area (Å²) in [6, 6.07) is 3.64. The zero-order valence-electron chi connectivity index (χ0n) is 18.6. The number of hydrogen-bond donors (Lipinski definition) is 1. The summed E-state index contributed by atoms with van der Waals surface area (Å²) < 4.78 is 13.1. The maximum absolute atomic E-state index is 12.3. The molecule has 2 unspecified atom stereocenters. The minimum absolute atomic E-state index is 0.0865. The second-order valence-electron chi connectivity index (χ2n) is 8.89. The van der Waals surface area contributed by atoms with Gasteiger partial charge in [0.05, 0.1) is 42.1 Å². The summed E-state index contributed by atoms with van der Waals surface area (Å²) in [5, 5.41) is 17.7. The zero-order chi connectivity index (χ0) is 22.7. The first-order valence-electron chi connectivity index (χ1n) is 11.3. The van der Waals surface area contributed by atoms with Crippen LogP contribution >= 0.6 is 0 Å². The van der Waals surface area contributed by atoms with E-state index in [9.17, 15) is 14.7 Å². The van der Waals surface area contributed by atoms with Crippen molar-refractivity contribution >= 4 is 11.9 Å². The Morgan fingerprint density at radius 2 is 1.97 bits per heavy atom. The van der Waals surface area contributed by atoms with Gasteiger partial charge in [-0.3, -0.25) is 14.3 Å². The lowest BCUT2D eigenvalue weighted by Crippen LogP contribution is -2.23. The molecule has 2 aliphatic carbocycles. The molecule has 32 heavy (non-hydrogen) atoms. The average Bonchev–Trinajstić information content (AvgIpc) is 3.55. The van der Waals surface area contributed by atoms with Crippen molar-refractivity contribution in [2.75, 3.05) is 6.61 Å². The number of carboxylic acids is 1. The molecule has 9 nitrogen and oxygen atoms in total. The van der Waals surface area contributed by atoms with Gasteiger partial charge >= 0.3 is 11.9 Å². The van der Waals surface area contributed by atoms with Crippen molar-refractivity contribution in [3.8, 4) is 17.1 Å². The van der Waals surface area contributed by atoms with E-state index in [1.807, 2.05) is 13.0 Å². The Kier molecular flexibility index (Phi) is 6.72. The molecule has 2 heterocycles. The summed E-state index contributed by atoms with van der Waals surface area (Å²) in [5.74, 6) is -0.256. The lowest BCUT2D eigenvalue weighted by atomic mass is 9.99. The number of carboxylic acid groups (broad SMARTS) is 1. The van der Waals surface area contributed by atoms with Gasteiger partial charge in [0.25, 0.3) is 0 Å². The number of esters is 1. The van der Waals surface area contributed by atoms with Gasteiger partial charge in [0.1, 0.15) is 11.4 Å². The van der Waals surface area contributed by atoms with Crippen LogP contribution in [0.25, 0.3) is 11.4 Å². The van der Waals surface area contributed by atoms with Crippen LogP contribution in [0.4, 0.5) is 0 Å². The van der Waals surface area contributed by atoms with Gasteiger partial charge in [0, 0.05) is 7.05 Å². The highest BCUT2D eigenvalue weighted by molar-refractivity contribution is 5.75. The van der Waals surface area contributed by atoms with Crippen molar-refractivity contribution in [3.63, 3.8) is 0 Å². The van der Waals surface area contributed by atoms with Crippen LogP contribution in [0, 0.1) is 18.8 Å². The molecule has 2 saturated carbocycles. The number of aromatic nitrogens is 4. The van der Waals surface area contributed by atoms with Crippen molar-refractivity contribution < 1.29 is 24.2 Å². The number of carbonyl (C=O) groups excluding carboxylic acids is 1. The van der Waals surface area contributed by atoms with E-state index >= 15 is 0 Å². The highest BCUT2D eigenvalue weighted by atomic mass is 16.5. The van der Waals surface area contributed by atoms with Crippen LogP contribution in [0.1, 0.15) is 56.3 Å². The third-order valence-corrected chi connectivity index (χ3v) is 6.23. The predicted octanol–water partition coefficient (Wildman–Crippen LogP) is 3.09. The van der Waals surface area contributed by atoms with Crippen molar-refractivity contribution in [2.24, 2.45) is 18.9 Å². The molecule has 9 heteroatoms.